The molecule has 3 unspecified atom stereocenters. The first-order valence-corrected chi connectivity index (χ1v) is 11.2. The Balaban J connectivity index is 1.67. The van der Waals surface area contributed by atoms with Crippen molar-refractivity contribution in [3.63, 3.8) is 0 Å². The van der Waals surface area contributed by atoms with Crippen molar-refractivity contribution in [1.82, 2.24) is 0 Å². The van der Waals surface area contributed by atoms with E-state index in [2.05, 4.69) is 55.8 Å². The summed E-state index contributed by atoms with van der Waals surface area (Å²) in [7, 11) is -0.171. The summed E-state index contributed by atoms with van der Waals surface area (Å²) in [5.74, 6) is 2.38. The van der Waals surface area contributed by atoms with Crippen molar-refractivity contribution < 1.29 is 9.53 Å². The van der Waals surface area contributed by atoms with Crippen LogP contribution in [0.4, 0.5) is 0 Å². The minimum atomic E-state index is -0.960. The van der Waals surface area contributed by atoms with Crippen molar-refractivity contribution in [3.05, 3.63) is 77.2 Å². The molecule has 1 aliphatic rings. The number of hydrogen-bond donors (Lipinski definition) is 0. The Morgan fingerprint density at radius 3 is 2.76 bits per heavy atom. The molecular weight excluding hydrogens is 376 g/mol. The second-order valence-corrected chi connectivity index (χ2v) is 10.0. The third-order valence-electron chi connectivity index (χ3n) is 5.86. The van der Waals surface area contributed by atoms with E-state index in [1.807, 2.05) is 19.1 Å². The molecule has 0 radical (unpaired) electrons. The summed E-state index contributed by atoms with van der Waals surface area (Å²) in [6, 6.07) is 18.4. The molecule has 1 heterocycles. The van der Waals surface area contributed by atoms with E-state index in [4.69, 9.17) is 11.2 Å². The zero-order chi connectivity index (χ0) is 20.6. The fourth-order valence-corrected chi connectivity index (χ4v) is 6.58. The maximum atomic E-state index is 13.0. The van der Waals surface area contributed by atoms with E-state index in [0.29, 0.717) is 5.56 Å². The quantitative estimate of drug-likeness (QED) is 0.208. The van der Waals surface area contributed by atoms with Crippen LogP contribution in [0, 0.1) is 25.2 Å². The van der Waals surface area contributed by atoms with Crippen molar-refractivity contribution in [2.75, 3.05) is 0 Å². The molecule has 1 aromatic heterocycles. The van der Waals surface area contributed by atoms with E-state index >= 15 is 0 Å². The molecule has 0 saturated heterocycles. The van der Waals surface area contributed by atoms with Gasteiger partial charge in [-0.3, -0.25) is 0 Å². The Morgan fingerprint density at radius 2 is 2.03 bits per heavy atom. The predicted molar refractivity (Wildman–Crippen MR) is 122 cm³/mol. The number of aryl methyl sites for hydroxylation is 1. The number of ether oxygens (including phenoxy) is 1. The molecule has 3 atom stereocenters. The molecule has 1 fully saturated rings. The Labute approximate surface area is 175 Å². The van der Waals surface area contributed by atoms with Gasteiger partial charge in [-0.15, -0.1) is 6.42 Å². The number of benzene rings is 2. The molecule has 146 valence electrons. The molecule has 0 aliphatic heterocycles. The number of fused-ring (bicyclic) bond motifs is 1. The van der Waals surface area contributed by atoms with E-state index < -0.39 is 5.60 Å². The number of carbonyl (C=O) groups excluding carboxylic acids is 1. The van der Waals surface area contributed by atoms with Gasteiger partial charge in [-0.25, -0.2) is 4.79 Å². The Kier molecular flexibility index (Phi) is 5.06. The highest BCUT2D eigenvalue weighted by atomic mass is 32.2. The first kappa shape index (κ1) is 19.5. The molecule has 0 spiro atoms. The van der Waals surface area contributed by atoms with Crippen LogP contribution in [0.2, 0.25) is 0 Å². The molecule has 0 bridgehead atoms. The Morgan fingerprint density at radius 1 is 1.24 bits per heavy atom. The Hall–Kier alpha value is -2.83. The molecule has 3 aromatic rings. The maximum Gasteiger partial charge on any atom is 0.339 e. The highest BCUT2D eigenvalue weighted by Gasteiger charge is 2.40. The third-order valence-corrected chi connectivity index (χ3v) is 8.16. The fourth-order valence-electron chi connectivity index (χ4n) is 4.33. The average Bonchev–Trinajstić information content (AvgIpc) is 3.30. The number of terminal acetylenes is 1. The highest BCUT2D eigenvalue weighted by molar-refractivity contribution is 7.45. The highest BCUT2D eigenvalue weighted by Crippen LogP contribution is 2.44. The van der Waals surface area contributed by atoms with Gasteiger partial charge in [0.1, 0.15) is 0 Å². The smallest absolute Gasteiger partial charge is 0.339 e. The molecule has 0 N–H and O–H groups in total. The summed E-state index contributed by atoms with van der Waals surface area (Å²) >= 11 is 0. The number of esters is 1. The van der Waals surface area contributed by atoms with Crippen LogP contribution in [0.5, 0.6) is 0 Å². The van der Waals surface area contributed by atoms with Gasteiger partial charge >= 0.3 is 5.97 Å². The fraction of sp³-hybridized carbons (Fsp3) is 0.269. The second-order valence-electron chi connectivity index (χ2n) is 7.87. The molecule has 0 amide bonds. The molecular formula is C26H25O2S+. The molecule has 2 aromatic carbocycles. The monoisotopic (exact) mass is 401 g/mol. The summed E-state index contributed by atoms with van der Waals surface area (Å²) in [5, 5.41) is 1.25. The zero-order valence-corrected chi connectivity index (χ0v) is 17.7. The molecule has 1 aliphatic carbocycles. The van der Waals surface area contributed by atoms with Crippen LogP contribution < -0.4 is 0 Å². The topological polar surface area (TPSA) is 26.3 Å². The van der Waals surface area contributed by atoms with Gasteiger partial charge in [-0.1, -0.05) is 36.3 Å². The molecule has 3 heteroatoms. The zero-order valence-electron chi connectivity index (χ0n) is 16.9. The lowest BCUT2D eigenvalue weighted by molar-refractivity contribution is -0.00149. The summed E-state index contributed by atoms with van der Waals surface area (Å²) in [5.41, 5.74) is 0.660. The average molecular weight is 402 g/mol. The summed E-state index contributed by atoms with van der Waals surface area (Å²) < 4.78 is 7.19. The lowest BCUT2D eigenvalue weighted by atomic mass is 9.85. The van der Waals surface area contributed by atoms with E-state index in [-0.39, 0.29) is 22.4 Å². The normalized spacial score (nSPS) is 19.0. The van der Waals surface area contributed by atoms with Gasteiger partial charge in [0.15, 0.2) is 20.1 Å². The lowest BCUT2D eigenvalue weighted by Gasteiger charge is -2.31. The van der Waals surface area contributed by atoms with Crippen LogP contribution in [0.3, 0.4) is 0 Å². The van der Waals surface area contributed by atoms with Gasteiger partial charge in [0.05, 0.1) is 5.56 Å². The largest absolute Gasteiger partial charge is 0.442 e. The van der Waals surface area contributed by atoms with E-state index in [1.54, 1.807) is 6.07 Å². The van der Waals surface area contributed by atoms with Crippen molar-refractivity contribution in [2.45, 2.75) is 38.7 Å². The first-order valence-electron chi connectivity index (χ1n) is 9.93. The number of rotatable bonds is 4. The van der Waals surface area contributed by atoms with Crippen LogP contribution in [0.15, 0.2) is 66.7 Å². The van der Waals surface area contributed by atoms with E-state index in [1.165, 1.54) is 15.0 Å². The summed E-state index contributed by atoms with van der Waals surface area (Å²) in [6.45, 7) is 8.11. The number of carbonyl (C=O) groups is 1. The summed E-state index contributed by atoms with van der Waals surface area (Å²) in [4.78, 5) is 15.4. The molecule has 2 nitrogen and oxygen atoms in total. The molecule has 4 rings (SSSR count). The van der Waals surface area contributed by atoms with Crippen LogP contribution in [-0.4, -0.2) is 11.6 Å². The van der Waals surface area contributed by atoms with Crippen LogP contribution >= 0.6 is 10.5 Å². The van der Waals surface area contributed by atoms with Gasteiger partial charge in [0.2, 0.25) is 0 Å². The van der Waals surface area contributed by atoms with Gasteiger partial charge in [-0.05, 0) is 50.5 Å². The van der Waals surface area contributed by atoms with Gasteiger partial charge in [0, 0.05) is 40.8 Å². The molecule has 29 heavy (non-hydrogen) atoms. The molecule has 1 saturated carbocycles. The van der Waals surface area contributed by atoms with E-state index in [0.717, 1.165) is 29.7 Å². The van der Waals surface area contributed by atoms with Crippen molar-refractivity contribution in [1.29, 1.82) is 0 Å². The standard InChI is InChI=1S/C26H25O2S/c1-5-26(4,23-14-8-10-18(23)2)28-25(27)21-12-9-13-22(17-21)29-19(3)16-20-11-6-7-15-24(20)29/h1,6-7,9,11-13,15-17,23H,2,8,10,14H2,3-4H3/q+1. The van der Waals surface area contributed by atoms with Crippen molar-refractivity contribution in [2.24, 2.45) is 5.92 Å². The van der Waals surface area contributed by atoms with E-state index in [9.17, 15) is 4.79 Å². The predicted octanol–water partition coefficient (Wildman–Crippen LogP) is 6.79. The van der Waals surface area contributed by atoms with Crippen molar-refractivity contribution in [3.8, 4) is 17.2 Å². The number of hydrogen-bond acceptors (Lipinski definition) is 2. The number of thiophene rings is 1. The first-order chi connectivity index (χ1) is 13.9. The van der Waals surface area contributed by atoms with Crippen LogP contribution in [-0.2, 0) is 4.74 Å². The van der Waals surface area contributed by atoms with Crippen molar-refractivity contribution >= 4 is 26.5 Å². The maximum absolute atomic E-state index is 13.0. The van der Waals surface area contributed by atoms with Gasteiger partial charge < -0.3 is 4.74 Å². The second kappa shape index (κ2) is 7.54. The minimum absolute atomic E-state index is 0.0217. The minimum Gasteiger partial charge on any atom is -0.442 e. The third kappa shape index (κ3) is 3.50. The Bertz CT molecular complexity index is 1150. The van der Waals surface area contributed by atoms with Crippen LogP contribution in [0.1, 0.15) is 41.4 Å². The summed E-state index contributed by atoms with van der Waals surface area (Å²) in [6.07, 6.45) is 8.71. The lowest BCUT2D eigenvalue weighted by Crippen LogP contribution is -2.37. The van der Waals surface area contributed by atoms with Gasteiger partial charge in [-0.2, -0.15) is 0 Å². The van der Waals surface area contributed by atoms with Gasteiger partial charge in [0.25, 0.3) is 0 Å². The van der Waals surface area contributed by atoms with Crippen LogP contribution in [0.25, 0.3) is 15.0 Å². The SMILES string of the molecule is C#CC(C)(OC(=O)c1cccc(-[s+]2c(C)cc3ccccc32)c1)C1CCCC1=C.